The fraction of sp³-hybridized carbons (Fsp3) is 0.538. The average Bonchev–Trinajstić information content (AvgIpc) is 2.17. The van der Waals surface area contributed by atoms with Crippen LogP contribution < -0.4 is 5.73 Å². The van der Waals surface area contributed by atoms with E-state index in [0.717, 1.165) is 32.1 Å². The fourth-order valence-corrected chi connectivity index (χ4v) is 2.39. The molecule has 0 aliphatic heterocycles. The Balaban J connectivity index is 1.72. The number of hydrogen-bond donors (Lipinski definition) is 2. The highest BCUT2D eigenvalue weighted by Crippen LogP contribution is 2.35. The van der Waals surface area contributed by atoms with Gasteiger partial charge < -0.3 is 10.8 Å². The molecule has 1 aliphatic carbocycles. The predicted octanol–water partition coefficient (Wildman–Crippen LogP) is 1.86. The van der Waals surface area contributed by atoms with Crippen LogP contribution in [0.4, 0.5) is 0 Å². The molecule has 0 spiro atoms. The van der Waals surface area contributed by atoms with Crippen LogP contribution in [0.15, 0.2) is 30.3 Å². The fourth-order valence-electron chi connectivity index (χ4n) is 2.39. The number of aliphatic hydroxyl groups is 1. The number of aryl methyl sites for hydroxylation is 1. The second-order valence-electron chi connectivity index (χ2n) is 4.73. The van der Waals surface area contributed by atoms with Gasteiger partial charge in [0.15, 0.2) is 0 Å². The first-order valence-electron chi connectivity index (χ1n) is 5.70. The third-order valence-corrected chi connectivity index (χ3v) is 3.23. The van der Waals surface area contributed by atoms with Gasteiger partial charge in [-0.1, -0.05) is 30.3 Å². The lowest BCUT2D eigenvalue weighted by atomic mass is 9.73. The van der Waals surface area contributed by atoms with Gasteiger partial charge in [-0.25, -0.2) is 0 Å². The van der Waals surface area contributed by atoms with Gasteiger partial charge in [0.05, 0.1) is 5.60 Å². The average molecular weight is 205 g/mol. The van der Waals surface area contributed by atoms with Crippen molar-refractivity contribution in [3.05, 3.63) is 35.9 Å². The van der Waals surface area contributed by atoms with Crippen LogP contribution in [0.3, 0.4) is 0 Å². The first-order chi connectivity index (χ1) is 7.18. The maximum atomic E-state index is 9.98. The van der Waals surface area contributed by atoms with Crippen LogP contribution in [0.25, 0.3) is 0 Å². The second-order valence-corrected chi connectivity index (χ2v) is 4.73. The molecule has 0 unspecified atom stereocenters. The molecule has 2 nitrogen and oxygen atoms in total. The van der Waals surface area contributed by atoms with Crippen molar-refractivity contribution < 1.29 is 5.11 Å². The van der Waals surface area contributed by atoms with Crippen LogP contribution in [-0.2, 0) is 6.42 Å². The Kier molecular flexibility index (Phi) is 3.08. The van der Waals surface area contributed by atoms with Gasteiger partial charge in [0.2, 0.25) is 0 Å². The monoisotopic (exact) mass is 205 g/mol. The summed E-state index contributed by atoms with van der Waals surface area (Å²) in [5, 5.41) is 9.98. The minimum Gasteiger partial charge on any atom is -0.390 e. The maximum absolute atomic E-state index is 9.98. The predicted molar refractivity (Wildman–Crippen MR) is 61.5 cm³/mol. The standard InChI is InChI=1S/C13H19NO/c14-12-9-13(15,10-12)8-4-7-11-5-2-1-3-6-11/h1-3,5-6,12,15H,4,7-10,14H2. The molecule has 0 atom stereocenters. The van der Waals surface area contributed by atoms with Gasteiger partial charge >= 0.3 is 0 Å². The van der Waals surface area contributed by atoms with Crippen molar-refractivity contribution in [3.8, 4) is 0 Å². The highest BCUT2D eigenvalue weighted by atomic mass is 16.3. The molecule has 15 heavy (non-hydrogen) atoms. The highest BCUT2D eigenvalue weighted by molar-refractivity contribution is 5.14. The van der Waals surface area contributed by atoms with Crippen LogP contribution in [0.5, 0.6) is 0 Å². The summed E-state index contributed by atoms with van der Waals surface area (Å²) in [6.07, 6.45) is 4.55. The molecule has 1 saturated carbocycles. The molecule has 1 aliphatic rings. The lowest BCUT2D eigenvalue weighted by Gasteiger charge is -2.42. The molecule has 0 aromatic heterocycles. The molecule has 0 amide bonds. The van der Waals surface area contributed by atoms with Gasteiger partial charge in [-0.3, -0.25) is 0 Å². The van der Waals surface area contributed by atoms with Crippen molar-refractivity contribution >= 4 is 0 Å². The topological polar surface area (TPSA) is 46.2 Å². The van der Waals surface area contributed by atoms with Crippen molar-refractivity contribution in [3.63, 3.8) is 0 Å². The molecule has 0 bridgehead atoms. The van der Waals surface area contributed by atoms with E-state index >= 15 is 0 Å². The van der Waals surface area contributed by atoms with E-state index in [9.17, 15) is 5.11 Å². The molecule has 0 heterocycles. The Bertz CT molecular complexity index is 304. The number of hydrogen-bond acceptors (Lipinski definition) is 2. The molecule has 1 aromatic rings. The van der Waals surface area contributed by atoms with Crippen LogP contribution in [0, 0.1) is 0 Å². The SMILES string of the molecule is NC1CC(O)(CCCc2ccccc2)C1. The van der Waals surface area contributed by atoms with E-state index in [-0.39, 0.29) is 6.04 Å². The van der Waals surface area contributed by atoms with Gasteiger partial charge in [0, 0.05) is 6.04 Å². The Morgan fingerprint density at radius 2 is 1.93 bits per heavy atom. The van der Waals surface area contributed by atoms with Gasteiger partial charge in [0.1, 0.15) is 0 Å². The Morgan fingerprint density at radius 1 is 1.27 bits per heavy atom. The van der Waals surface area contributed by atoms with Gasteiger partial charge in [-0.2, -0.15) is 0 Å². The lowest BCUT2D eigenvalue weighted by molar-refractivity contribution is -0.0541. The number of benzene rings is 1. The molecule has 2 rings (SSSR count). The molecule has 3 N–H and O–H groups in total. The zero-order chi connectivity index (χ0) is 10.7. The van der Waals surface area contributed by atoms with Crippen LogP contribution in [0.1, 0.15) is 31.2 Å². The van der Waals surface area contributed by atoms with Crippen LogP contribution >= 0.6 is 0 Å². The number of rotatable bonds is 4. The Hall–Kier alpha value is -0.860. The molecular formula is C13H19NO. The quantitative estimate of drug-likeness (QED) is 0.788. The van der Waals surface area contributed by atoms with Crippen LogP contribution in [-0.4, -0.2) is 16.7 Å². The molecule has 1 fully saturated rings. The summed E-state index contributed by atoms with van der Waals surface area (Å²) in [5.74, 6) is 0. The smallest absolute Gasteiger partial charge is 0.0677 e. The van der Waals surface area contributed by atoms with Crippen molar-refractivity contribution in [2.24, 2.45) is 5.73 Å². The summed E-state index contributed by atoms with van der Waals surface area (Å²) >= 11 is 0. The van der Waals surface area contributed by atoms with E-state index in [1.807, 2.05) is 6.07 Å². The maximum Gasteiger partial charge on any atom is 0.0677 e. The van der Waals surface area contributed by atoms with Crippen molar-refractivity contribution in [1.29, 1.82) is 0 Å². The zero-order valence-corrected chi connectivity index (χ0v) is 9.02. The summed E-state index contributed by atoms with van der Waals surface area (Å²) in [5.41, 5.74) is 6.58. The highest BCUT2D eigenvalue weighted by Gasteiger charge is 2.39. The molecule has 0 saturated heterocycles. The van der Waals surface area contributed by atoms with E-state index in [0.29, 0.717) is 0 Å². The van der Waals surface area contributed by atoms with Gasteiger partial charge in [-0.05, 0) is 37.7 Å². The normalized spacial score (nSPS) is 29.9. The van der Waals surface area contributed by atoms with E-state index in [1.165, 1.54) is 5.56 Å². The molecule has 1 aromatic carbocycles. The molecule has 0 radical (unpaired) electrons. The lowest BCUT2D eigenvalue weighted by Crippen LogP contribution is -2.51. The second kappa shape index (κ2) is 4.33. The molecule has 82 valence electrons. The Labute approximate surface area is 91.1 Å². The minimum atomic E-state index is -0.450. The van der Waals surface area contributed by atoms with Gasteiger partial charge in [0.25, 0.3) is 0 Å². The van der Waals surface area contributed by atoms with E-state index in [1.54, 1.807) is 0 Å². The first kappa shape index (κ1) is 10.7. The summed E-state index contributed by atoms with van der Waals surface area (Å²) in [6.45, 7) is 0. The van der Waals surface area contributed by atoms with E-state index in [2.05, 4.69) is 24.3 Å². The summed E-state index contributed by atoms with van der Waals surface area (Å²) in [7, 11) is 0. The Morgan fingerprint density at radius 3 is 2.53 bits per heavy atom. The van der Waals surface area contributed by atoms with Gasteiger partial charge in [-0.15, -0.1) is 0 Å². The van der Waals surface area contributed by atoms with Crippen LogP contribution in [0.2, 0.25) is 0 Å². The summed E-state index contributed by atoms with van der Waals surface area (Å²) < 4.78 is 0. The first-order valence-corrected chi connectivity index (χ1v) is 5.70. The van der Waals surface area contributed by atoms with E-state index in [4.69, 9.17) is 5.73 Å². The van der Waals surface area contributed by atoms with Crippen molar-refractivity contribution in [1.82, 2.24) is 0 Å². The summed E-state index contributed by atoms with van der Waals surface area (Å²) in [4.78, 5) is 0. The van der Waals surface area contributed by atoms with E-state index < -0.39 is 5.60 Å². The summed E-state index contributed by atoms with van der Waals surface area (Å²) in [6, 6.07) is 10.6. The van der Waals surface area contributed by atoms with Crippen molar-refractivity contribution in [2.75, 3.05) is 0 Å². The third kappa shape index (κ3) is 2.80. The van der Waals surface area contributed by atoms with Crippen molar-refractivity contribution in [2.45, 2.75) is 43.7 Å². The number of nitrogens with two attached hydrogens (primary N) is 1. The molecule has 2 heteroatoms. The minimum absolute atomic E-state index is 0.228. The largest absolute Gasteiger partial charge is 0.390 e. The molecular weight excluding hydrogens is 186 g/mol. The third-order valence-electron chi connectivity index (χ3n) is 3.23. The zero-order valence-electron chi connectivity index (χ0n) is 9.02.